The Bertz CT molecular complexity index is 408. The minimum absolute atomic E-state index is 0.207. The second kappa shape index (κ2) is 6.73. The molecule has 0 amide bonds. The van der Waals surface area contributed by atoms with E-state index in [9.17, 15) is 9.50 Å². The SMILES string of the molecule is OCC(O)CNc1ccc(N2CCCCC2)c(F)c1. The molecule has 1 fully saturated rings. The van der Waals surface area contributed by atoms with E-state index < -0.39 is 6.10 Å². The number of hydrogen-bond donors (Lipinski definition) is 3. The van der Waals surface area contributed by atoms with Crippen molar-refractivity contribution in [1.82, 2.24) is 0 Å². The molecule has 1 aromatic carbocycles. The van der Waals surface area contributed by atoms with Crippen molar-refractivity contribution in [1.29, 1.82) is 0 Å². The van der Waals surface area contributed by atoms with Gasteiger partial charge >= 0.3 is 0 Å². The summed E-state index contributed by atoms with van der Waals surface area (Å²) in [4.78, 5) is 2.07. The van der Waals surface area contributed by atoms with Crippen LogP contribution in [0.15, 0.2) is 18.2 Å². The normalized spacial score (nSPS) is 17.3. The predicted octanol–water partition coefficient (Wildman–Crippen LogP) is 1.58. The van der Waals surface area contributed by atoms with Crippen molar-refractivity contribution < 1.29 is 14.6 Å². The monoisotopic (exact) mass is 268 g/mol. The number of nitrogens with zero attached hydrogens (tertiary/aromatic N) is 1. The van der Waals surface area contributed by atoms with Gasteiger partial charge in [0, 0.05) is 25.3 Å². The van der Waals surface area contributed by atoms with Crippen LogP contribution in [0.3, 0.4) is 0 Å². The Hall–Kier alpha value is -1.33. The van der Waals surface area contributed by atoms with Crippen molar-refractivity contribution in [2.24, 2.45) is 0 Å². The second-order valence-corrected chi connectivity index (χ2v) is 4.93. The molecule has 1 heterocycles. The zero-order valence-corrected chi connectivity index (χ0v) is 11.0. The fourth-order valence-corrected chi connectivity index (χ4v) is 2.31. The Kier molecular flexibility index (Phi) is 4.99. The van der Waals surface area contributed by atoms with Crippen molar-refractivity contribution in [3.63, 3.8) is 0 Å². The molecule has 4 nitrogen and oxygen atoms in total. The van der Waals surface area contributed by atoms with Gasteiger partial charge in [-0.1, -0.05) is 0 Å². The van der Waals surface area contributed by atoms with E-state index in [1.54, 1.807) is 12.1 Å². The highest BCUT2D eigenvalue weighted by atomic mass is 19.1. The van der Waals surface area contributed by atoms with Crippen LogP contribution in [-0.4, -0.2) is 42.6 Å². The summed E-state index contributed by atoms with van der Waals surface area (Å²) in [5.41, 5.74) is 1.26. The van der Waals surface area contributed by atoms with E-state index in [-0.39, 0.29) is 19.0 Å². The highest BCUT2D eigenvalue weighted by molar-refractivity contribution is 5.56. The summed E-state index contributed by atoms with van der Waals surface area (Å²) < 4.78 is 14.0. The number of aliphatic hydroxyl groups excluding tert-OH is 2. The maximum atomic E-state index is 14.0. The van der Waals surface area contributed by atoms with Crippen LogP contribution in [0.1, 0.15) is 19.3 Å². The lowest BCUT2D eigenvalue weighted by Gasteiger charge is -2.29. The van der Waals surface area contributed by atoms with E-state index in [2.05, 4.69) is 10.2 Å². The average Bonchev–Trinajstić information content (AvgIpc) is 2.45. The molecule has 0 saturated carbocycles. The summed E-state index contributed by atoms with van der Waals surface area (Å²) in [7, 11) is 0. The van der Waals surface area contributed by atoms with Crippen LogP contribution >= 0.6 is 0 Å². The van der Waals surface area contributed by atoms with Crippen LogP contribution in [0.4, 0.5) is 15.8 Å². The minimum atomic E-state index is -0.829. The van der Waals surface area contributed by atoms with Gasteiger partial charge in [-0.2, -0.15) is 0 Å². The highest BCUT2D eigenvalue weighted by Gasteiger charge is 2.15. The molecular weight excluding hydrogens is 247 g/mol. The van der Waals surface area contributed by atoms with E-state index >= 15 is 0 Å². The molecular formula is C14H21FN2O2. The summed E-state index contributed by atoms with van der Waals surface area (Å²) in [5, 5.41) is 20.8. The van der Waals surface area contributed by atoms with Crippen molar-refractivity contribution in [2.75, 3.05) is 36.5 Å². The van der Waals surface area contributed by atoms with Gasteiger partial charge in [0.2, 0.25) is 0 Å². The van der Waals surface area contributed by atoms with Gasteiger partial charge in [0.05, 0.1) is 18.4 Å². The Morgan fingerprint density at radius 3 is 2.63 bits per heavy atom. The third-order valence-electron chi connectivity index (χ3n) is 3.40. The molecule has 5 heteroatoms. The summed E-state index contributed by atoms with van der Waals surface area (Å²) in [5.74, 6) is -0.245. The van der Waals surface area contributed by atoms with Crippen molar-refractivity contribution in [3.8, 4) is 0 Å². The molecule has 0 spiro atoms. The molecule has 1 saturated heterocycles. The quantitative estimate of drug-likeness (QED) is 0.759. The molecule has 0 aliphatic carbocycles. The molecule has 19 heavy (non-hydrogen) atoms. The zero-order valence-electron chi connectivity index (χ0n) is 11.0. The van der Waals surface area contributed by atoms with E-state index in [0.29, 0.717) is 11.4 Å². The molecule has 2 rings (SSSR count). The van der Waals surface area contributed by atoms with Crippen LogP contribution < -0.4 is 10.2 Å². The number of benzene rings is 1. The first-order valence-electron chi connectivity index (χ1n) is 6.78. The smallest absolute Gasteiger partial charge is 0.148 e. The molecule has 1 aromatic rings. The number of rotatable bonds is 5. The summed E-state index contributed by atoms with van der Waals surface area (Å²) in [6, 6.07) is 5.01. The van der Waals surface area contributed by atoms with Crippen molar-refractivity contribution in [3.05, 3.63) is 24.0 Å². The Labute approximate surface area is 112 Å². The maximum absolute atomic E-state index is 14.0. The topological polar surface area (TPSA) is 55.7 Å². The first-order valence-corrected chi connectivity index (χ1v) is 6.78. The first-order chi connectivity index (χ1) is 9.20. The molecule has 0 radical (unpaired) electrons. The molecule has 1 aliphatic rings. The van der Waals surface area contributed by atoms with Gasteiger partial charge in [0.1, 0.15) is 5.82 Å². The number of aliphatic hydroxyl groups is 2. The van der Waals surface area contributed by atoms with Gasteiger partial charge in [-0.15, -0.1) is 0 Å². The van der Waals surface area contributed by atoms with E-state index in [4.69, 9.17) is 5.11 Å². The standard InChI is InChI=1S/C14H21FN2O2/c15-13-8-11(16-9-12(19)10-18)4-5-14(13)17-6-2-1-3-7-17/h4-5,8,12,16,18-19H,1-3,6-7,9-10H2. The Balaban J connectivity index is 2.00. The molecule has 106 valence electrons. The minimum Gasteiger partial charge on any atom is -0.394 e. The van der Waals surface area contributed by atoms with Crippen LogP contribution in [0, 0.1) is 5.82 Å². The molecule has 3 N–H and O–H groups in total. The highest BCUT2D eigenvalue weighted by Crippen LogP contribution is 2.25. The second-order valence-electron chi connectivity index (χ2n) is 4.93. The third-order valence-corrected chi connectivity index (χ3v) is 3.40. The Morgan fingerprint density at radius 1 is 1.26 bits per heavy atom. The van der Waals surface area contributed by atoms with Gasteiger partial charge in [-0.05, 0) is 37.5 Å². The fourth-order valence-electron chi connectivity index (χ4n) is 2.31. The molecule has 0 bridgehead atoms. The summed E-state index contributed by atoms with van der Waals surface area (Å²) >= 11 is 0. The third kappa shape index (κ3) is 3.81. The summed E-state index contributed by atoms with van der Waals surface area (Å²) in [6.45, 7) is 1.72. The summed E-state index contributed by atoms with van der Waals surface area (Å²) in [6.07, 6.45) is 2.62. The fraction of sp³-hybridized carbons (Fsp3) is 0.571. The number of halogens is 1. The van der Waals surface area contributed by atoms with E-state index in [0.717, 1.165) is 25.9 Å². The van der Waals surface area contributed by atoms with Gasteiger partial charge in [0.15, 0.2) is 0 Å². The lowest BCUT2D eigenvalue weighted by Crippen LogP contribution is -2.30. The van der Waals surface area contributed by atoms with Crippen molar-refractivity contribution >= 4 is 11.4 Å². The van der Waals surface area contributed by atoms with Crippen LogP contribution in [0.5, 0.6) is 0 Å². The van der Waals surface area contributed by atoms with Crippen LogP contribution in [-0.2, 0) is 0 Å². The Morgan fingerprint density at radius 2 is 2.00 bits per heavy atom. The number of nitrogens with one attached hydrogen (secondary N) is 1. The molecule has 1 aliphatic heterocycles. The largest absolute Gasteiger partial charge is 0.394 e. The molecule has 1 unspecified atom stereocenters. The zero-order chi connectivity index (χ0) is 13.7. The number of hydrogen-bond acceptors (Lipinski definition) is 4. The van der Waals surface area contributed by atoms with Gasteiger partial charge in [-0.3, -0.25) is 0 Å². The van der Waals surface area contributed by atoms with E-state index in [1.807, 2.05) is 0 Å². The van der Waals surface area contributed by atoms with Crippen LogP contribution in [0.2, 0.25) is 0 Å². The average molecular weight is 268 g/mol. The van der Waals surface area contributed by atoms with Crippen LogP contribution in [0.25, 0.3) is 0 Å². The number of piperidine rings is 1. The first kappa shape index (κ1) is 14.1. The van der Waals surface area contributed by atoms with Gasteiger partial charge in [0.25, 0.3) is 0 Å². The predicted molar refractivity (Wildman–Crippen MR) is 74.0 cm³/mol. The van der Waals surface area contributed by atoms with Crippen molar-refractivity contribution in [2.45, 2.75) is 25.4 Å². The van der Waals surface area contributed by atoms with Gasteiger partial charge in [-0.25, -0.2) is 4.39 Å². The molecule has 1 atom stereocenters. The number of anilines is 2. The van der Waals surface area contributed by atoms with E-state index in [1.165, 1.54) is 12.5 Å². The van der Waals surface area contributed by atoms with Gasteiger partial charge < -0.3 is 20.4 Å². The maximum Gasteiger partial charge on any atom is 0.148 e. The lowest BCUT2D eigenvalue weighted by molar-refractivity contribution is 0.105. The molecule has 0 aromatic heterocycles. The lowest BCUT2D eigenvalue weighted by atomic mass is 10.1.